The molecule has 0 radical (unpaired) electrons. The third-order valence-corrected chi connectivity index (χ3v) is 6.10. The fourth-order valence-electron chi connectivity index (χ4n) is 5.07. The average molecular weight is 277 g/mol. The highest BCUT2D eigenvalue weighted by molar-refractivity contribution is 5.99. The topological polar surface area (TPSA) is 46.2 Å². The lowest BCUT2D eigenvalue weighted by Crippen LogP contribution is -2.54. The molecule has 2 aliphatic carbocycles. The Hall–Kier alpha value is -0.860. The monoisotopic (exact) mass is 277 g/mol. The van der Waals surface area contributed by atoms with E-state index in [9.17, 15) is 9.59 Å². The zero-order chi connectivity index (χ0) is 14.2. The second kappa shape index (κ2) is 5.50. The predicted molar refractivity (Wildman–Crippen MR) is 77.9 cm³/mol. The van der Waals surface area contributed by atoms with Crippen LogP contribution in [0.2, 0.25) is 0 Å². The van der Waals surface area contributed by atoms with Crippen LogP contribution >= 0.6 is 0 Å². The van der Waals surface area contributed by atoms with Gasteiger partial charge in [0.1, 0.15) is 0 Å². The van der Waals surface area contributed by atoms with Crippen LogP contribution in [0.5, 0.6) is 0 Å². The van der Waals surface area contributed by atoms with Crippen molar-refractivity contribution in [2.75, 3.05) is 0 Å². The largest absolute Gasteiger partial charge is 0.296 e. The van der Waals surface area contributed by atoms with Gasteiger partial charge >= 0.3 is 0 Å². The summed E-state index contributed by atoms with van der Waals surface area (Å²) in [6, 6.07) is 0. The van der Waals surface area contributed by atoms with Crippen molar-refractivity contribution in [3.63, 3.8) is 0 Å². The van der Waals surface area contributed by atoms with Crippen LogP contribution in [0.1, 0.15) is 71.1 Å². The molecule has 3 rings (SSSR count). The molecule has 3 nitrogen and oxygen atoms in total. The Labute approximate surface area is 121 Å². The lowest BCUT2D eigenvalue weighted by Gasteiger charge is -2.45. The predicted octanol–water partition coefficient (Wildman–Crippen LogP) is 3.43. The van der Waals surface area contributed by atoms with E-state index in [0.717, 1.165) is 18.8 Å². The molecule has 20 heavy (non-hydrogen) atoms. The Morgan fingerprint density at radius 1 is 1.00 bits per heavy atom. The molecule has 0 aromatic carbocycles. The maximum atomic E-state index is 12.5. The van der Waals surface area contributed by atoms with Gasteiger partial charge in [0.15, 0.2) is 0 Å². The van der Waals surface area contributed by atoms with Crippen molar-refractivity contribution in [1.82, 2.24) is 5.32 Å². The molecule has 3 heteroatoms. The van der Waals surface area contributed by atoms with Gasteiger partial charge in [-0.3, -0.25) is 14.9 Å². The SMILES string of the molecule is CC1CCCC2(CC1)CC(=O)NC(=O)C2C1CCCC1. The van der Waals surface area contributed by atoms with E-state index < -0.39 is 0 Å². The van der Waals surface area contributed by atoms with Crippen LogP contribution in [0.4, 0.5) is 0 Å². The van der Waals surface area contributed by atoms with Gasteiger partial charge in [-0.25, -0.2) is 0 Å². The average Bonchev–Trinajstić information content (AvgIpc) is 2.83. The van der Waals surface area contributed by atoms with E-state index in [2.05, 4.69) is 12.2 Å². The van der Waals surface area contributed by atoms with E-state index in [1.54, 1.807) is 0 Å². The summed E-state index contributed by atoms with van der Waals surface area (Å²) in [6.07, 6.45) is 11.3. The van der Waals surface area contributed by atoms with Crippen LogP contribution in [-0.4, -0.2) is 11.8 Å². The van der Waals surface area contributed by atoms with Gasteiger partial charge in [0.2, 0.25) is 11.8 Å². The Kier molecular flexibility index (Phi) is 3.87. The first-order valence-electron chi connectivity index (χ1n) is 8.44. The number of hydrogen-bond acceptors (Lipinski definition) is 2. The van der Waals surface area contributed by atoms with Crippen LogP contribution in [0.25, 0.3) is 0 Å². The normalized spacial score (nSPS) is 39.9. The molecule has 1 heterocycles. The molecule has 1 aliphatic heterocycles. The van der Waals surface area contributed by atoms with Gasteiger partial charge in [0.05, 0.1) is 0 Å². The third kappa shape index (κ3) is 2.51. The first-order chi connectivity index (χ1) is 9.61. The minimum absolute atomic E-state index is 0.0147. The van der Waals surface area contributed by atoms with Crippen LogP contribution in [-0.2, 0) is 9.59 Å². The van der Waals surface area contributed by atoms with Crippen molar-refractivity contribution in [3.8, 4) is 0 Å². The fourth-order valence-corrected chi connectivity index (χ4v) is 5.07. The van der Waals surface area contributed by atoms with Gasteiger partial charge in [-0.2, -0.15) is 0 Å². The Morgan fingerprint density at radius 3 is 2.50 bits per heavy atom. The first kappa shape index (κ1) is 14.1. The highest BCUT2D eigenvalue weighted by atomic mass is 16.2. The molecular weight excluding hydrogens is 250 g/mol. The molecule has 3 fully saturated rings. The Morgan fingerprint density at radius 2 is 1.75 bits per heavy atom. The lowest BCUT2D eigenvalue weighted by molar-refractivity contribution is -0.147. The van der Waals surface area contributed by atoms with Gasteiger partial charge in [0.25, 0.3) is 0 Å². The second-order valence-corrected chi connectivity index (χ2v) is 7.51. The number of carbonyl (C=O) groups is 2. The van der Waals surface area contributed by atoms with E-state index >= 15 is 0 Å². The van der Waals surface area contributed by atoms with Gasteiger partial charge in [-0.1, -0.05) is 39.0 Å². The minimum Gasteiger partial charge on any atom is -0.296 e. The van der Waals surface area contributed by atoms with E-state index in [0.29, 0.717) is 12.3 Å². The molecule has 0 aromatic heterocycles. The number of amides is 2. The summed E-state index contributed by atoms with van der Waals surface area (Å²) in [6.45, 7) is 2.31. The number of piperidine rings is 1. The summed E-state index contributed by atoms with van der Waals surface area (Å²) in [5.74, 6) is 1.39. The molecule has 3 aliphatic rings. The highest BCUT2D eigenvalue weighted by Gasteiger charge is 2.51. The third-order valence-electron chi connectivity index (χ3n) is 6.10. The molecule has 0 bridgehead atoms. The van der Waals surface area contributed by atoms with E-state index in [4.69, 9.17) is 0 Å². The fraction of sp³-hybridized carbons (Fsp3) is 0.882. The zero-order valence-electron chi connectivity index (χ0n) is 12.6. The summed E-state index contributed by atoms with van der Waals surface area (Å²) in [5, 5.41) is 2.63. The molecule has 112 valence electrons. The molecular formula is C17H27NO2. The van der Waals surface area contributed by atoms with Crippen LogP contribution in [0, 0.1) is 23.2 Å². The van der Waals surface area contributed by atoms with Crippen molar-refractivity contribution in [3.05, 3.63) is 0 Å². The second-order valence-electron chi connectivity index (χ2n) is 7.51. The highest BCUT2D eigenvalue weighted by Crippen LogP contribution is 2.52. The number of imide groups is 1. The summed E-state index contributed by atoms with van der Waals surface area (Å²) < 4.78 is 0. The summed E-state index contributed by atoms with van der Waals surface area (Å²) in [5.41, 5.74) is -0.0147. The van der Waals surface area contributed by atoms with Crippen molar-refractivity contribution in [1.29, 1.82) is 0 Å². The summed E-state index contributed by atoms with van der Waals surface area (Å²) in [7, 11) is 0. The standard InChI is InChI=1S/C17H27NO2/c1-12-5-4-9-17(10-8-12)11-14(19)18-16(20)15(17)13-6-2-3-7-13/h12-13,15H,2-11H2,1H3,(H,18,19,20). The lowest BCUT2D eigenvalue weighted by atomic mass is 9.61. The number of carbonyl (C=O) groups excluding carboxylic acids is 2. The molecule has 3 atom stereocenters. The Balaban J connectivity index is 1.89. The zero-order valence-corrected chi connectivity index (χ0v) is 12.6. The molecule has 3 unspecified atom stereocenters. The molecule has 0 aromatic rings. The van der Waals surface area contributed by atoms with Crippen LogP contribution in [0.15, 0.2) is 0 Å². The van der Waals surface area contributed by atoms with Gasteiger partial charge in [-0.05, 0) is 42.9 Å². The van der Waals surface area contributed by atoms with Crippen molar-refractivity contribution < 1.29 is 9.59 Å². The van der Waals surface area contributed by atoms with Crippen molar-refractivity contribution in [2.24, 2.45) is 23.2 Å². The molecule has 1 saturated heterocycles. The van der Waals surface area contributed by atoms with E-state index in [1.165, 1.54) is 44.9 Å². The quantitative estimate of drug-likeness (QED) is 0.746. The number of nitrogens with one attached hydrogen (secondary N) is 1. The molecule has 2 amide bonds. The van der Waals surface area contributed by atoms with E-state index in [-0.39, 0.29) is 23.1 Å². The minimum atomic E-state index is -0.0289. The Bertz CT molecular complexity index is 400. The number of rotatable bonds is 1. The maximum absolute atomic E-state index is 12.5. The number of hydrogen-bond donors (Lipinski definition) is 1. The van der Waals surface area contributed by atoms with Crippen molar-refractivity contribution >= 4 is 11.8 Å². The smallest absolute Gasteiger partial charge is 0.230 e. The van der Waals surface area contributed by atoms with Gasteiger partial charge < -0.3 is 0 Å². The van der Waals surface area contributed by atoms with Crippen LogP contribution in [0.3, 0.4) is 0 Å². The molecule has 1 N–H and O–H groups in total. The van der Waals surface area contributed by atoms with E-state index in [1.807, 2.05) is 0 Å². The van der Waals surface area contributed by atoms with Gasteiger partial charge in [-0.15, -0.1) is 0 Å². The molecule has 1 spiro atoms. The van der Waals surface area contributed by atoms with Gasteiger partial charge in [0, 0.05) is 12.3 Å². The molecule has 2 saturated carbocycles. The summed E-state index contributed by atoms with van der Waals surface area (Å²) in [4.78, 5) is 24.5. The first-order valence-corrected chi connectivity index (χ1v) is 8.44. The van der Waals surface area contributed by atoms with Crippen LogP contribution < -0.4 is 5.32 Å². The van der Waals surface area contributed by atoms with Crippen molar-refractivity contribution in [2.45, 2.75) is 71.1 Å². The maximum Gasteiger partial charge on any atom is 0.230 e. The summed E-state index contributed by atoms with van der Waals surface area (Å²) >= 11 is 0.